The molecule has 0 spiro atoms. The average Bonchev–Trinajstić information content (AvgIpc) is 2.79. The van der Waals surface area contributed by atoms with Crippen LogP contribution in [0.4, 0.5) is 18.9 Å². The highest BCUT2D eigenvalue weighted by Crippen LogP contribution is 2.27. The van der Waals surface area contributed by atoms with Gasteiger partial charge in [-0.1, -0.05) is 0 Å². The van der Waals surface area contributed by atoms with Gasteiger partial charge in [-0.05, 0) is 41.6 Å². The largest absolute Gasteiger partial charge is 0.432 e. The number of aromatic nitrogens is 2. The molecule has 0 saturated carbocycles. The van der Waals surface area contributed by atoms with Crippen LogP contribution in [0.25, 0.3) is 0 Å². The van der Waals surface area contributed by atoms with Crippen LogP contribution in [0.2, 0.25) is 0 Å². The summed E-state index contributed by atoms with van der Waals surface area (Å²) in [6.45, 7) is -0.894. The fourth-order valence-corrected chi connectivity index (χ4v) is 2.27. The molecule has 2 rings (SSSR count). The molecule has 1 aromatic carbocycles. The van der Waals surface area contributed by atoms with Crippen LogP contribution in [-0.2, 0) is 11.3 Å². The minimum Gasteiger partial charge on any atom is -0.432 e. The molecule has 1 heterocycles. The molecule has 0 fully saturated rings. The van der Waals surface area contributed by atoms with Crippen LogP contribution in [0.5, 0.6) is 5.75 Å². The van der Waals surface area contributed by atoms with E-state index in [4.69, 9.17) is 0 Å². The lowest BCUT2D eigenvalue weighted by atomic mass is 10.2. The van der Waals surface area contributed by atoms with Crippen molar-refractivity contribution < 1.29 is 22.7 Å². The Labute approximate surface area is 144 Å². The van der Waals surface area contributed by atoms with Gasteiger partial charge in [-0.15, -0.1) is 0 Å². The number of amides is 1. The Kier molecular flexibility index (Phi) is 5.85. The Morgan fingerprint density at radius 2 is 2.22 bits per heavy atom. The van der Waals surface area contributed by atoms with Crippen LogP contribution >= 0.6 is 22.6 Å². The summed E-state index contributed by atoms with van der Waals surface area (Å²) < 4.78 is 44.6. The summed E-state index contributed by atoms with van der Waals surface area (Å²) >= 11 is 2.13. The molecule has 1 amide bonds. The van der Waals surface area contributed by atoms with Gasteiger partial charge < -0.3 is 10.1 Å². The summed E-state index contributed by atoms with van der Waals surface area (Å²) in [5.41, 5.74) is 0.922. The number of hydrogen-bond donors (Lipinski definition) is 1. The fraction of sp³-hybridized carbons (Fsp3) is 0.286. The van der Waals surface area contributed by atoms with Gasteiger partial charge in [0, 0.05) is 18.2 Å². The third kappa shape index (κ3) is 4.85. The van der Waals surface area contributed by atoms with Crippen molar-refractivity contribution in [1.82, 2.24) is 9.78 Å². The maximum absolute atomic E-state index is 13.1. The summed E-state index contributed by atoms with van der Waals surface area (Å²) in [5.74, 6) is -1.57. The number of carbonyl (C=O) groups excluding carboxylic acids is 1. The van der Waals surface area contributed by atoms with E-state index >= 15 is 0 Å². The van der Waals surface area contributed by atoms with Crippen molar-refractivity contribution in [3.63, 3.8) is 0 Å². The quantitative estimate of drug-likeness (QED) is 0.701. The van der Waals surface area contributed by atoms with Crippen molar-refractivity contribution in [2.24, 2.45) is 0 Å². The number of nitrogens with zero attached hydrogens (tertiary/aromatic N) is 2. The molecule has 124 valence electrons. The van der Waals surface area contributed by atoms with E-state index in [2.05, 4.69) is 37.7 Å². The van der Waals surface area contributed by atoms with Crippen molar-refractivity contribution in [1.29, 1.82) is 0 Å². The maximum Gasteiger partial charge on any atom is 0.387 e. The van der Waals surface area contributed by atoms with Crippen molar-refractivity contribution in [3.05, 3.63) is 39.5 Å². The van der Waals surface area contributed by atoms with Crippen molar-refractivity contribution in [2.45, 2.75) is 26.5 Å². The molecule has 0 aliphatic carbocycles. The molecular formula is C14H13F3IN3O2. The Bertz CT molecular complexity index is 707. The summed E-state index contributed by atoms with van der Waals surface area (Å²) in [6.07, 6.45) is 1.77. The molecule has 23 heavy (non-hydrogen) atoms. The van der Waals surface area contributed by atoms with Crippen molar-refractivity contribution >= 4 is 34.2 Å². The molecule has 0 saturated heterocycles. The summed E-state index contributed by atoms with van der Waals surface area (Å²) in [5, 5.41) is 6.55. The number of anilines is 1. The lowest BCUT2D eigenvalue weighted by molar-refractivity contribution is -0.116. The number of alkyl halides is 2. The van der Waals surface area contributed by atoms with Crippen LogP contribution in [0.3, 0.4) is 0 Å². The number of benzene rings is 1. The van der Waals surface area contributed by atoms with Gasteiger partial charge >= 0.3 is 6.61 Å². The van der Waals surface area contributed by atoms with Gasteiger partial charge in [0.05, 0.1) is 22.0 Å². The molecule has 1 aromatic heterocycles. The van der Waals surface area contributed by atoms with Crippen LogP contribution in [0.1, 0.15) is 12.1 Å². The topological polar surface area (TPSA) is 56.2 Å². The molecule has 0 atom stereocenters. The van der Waals surface area contributed by atoms with Gasteiger partial charge in [0.2, 0.25) is 5.91 Å². The Balaban J connectivity index is 2.01. The molecule has 0 aliphatic heterocycles. The summed E-state index contributed by atoms with van der Waals surface area (Å²) in [4.78, 5) is 11.9. The number of carbonyl (C=O) groups is 1. The Hall–Kier alpha value is -1.78. The van der Waals surface area contributed by atoms with Crippen LogP contribution in [-0.4, -0.2) is 22.3 Å². The lowest BCUT2D eigenvalue weighted by Gasteiger charge is -2.12. The first-order valence-electron chi connectivity index (χ1n) is 6.59. The van der Waals surface area contributed by atoms with E-state index < -0.39 is 24.1 Å². The van der Waals surface area contributed by atoms with E-state index in [1.807, 2.05) is 6.92 Å². The highest BCUT2D eigenvalue weighted by atomic mass is 127. The number of halogens is 4. The standard InChI is InChI=1S/C14H13F3IN3O2/c1-8-10(18)7-19-21(8)5-4-13(22)20-11-3-2-9(15)6-12(11)23-14(16)17/h2-3,6-7,14H,4-5H2,1H3,(H,20,22). The van der Waals surface area contributed by atoms with Crippen LogP contribution in [0, 0.1) is 16.3 Å². The van der Waals surface area contributed by atoms with Crippen molar-refractivity contribution in [3.8, 4) is 5.75 Å². The van der Waals surface area contributed by atoms with Crippen LogP contribution < -0.4 is 10.1 Å². The molecule has 9 heteroatoms. The number of ether oxygens (including phenoxy) is 1. The van der Waals surface area contributed by atoms with E-state index in [1.165, 1.54) is 6.07 Å². The number of rotatable bonds is 6. The zero-order valence-electron chi connectivity index (χ0n) is 12.0. The minimum absolute atomic E-state index is 0.0107. The van der Waals surface area contributed by atoms with Gasteiger partial charge in [0.15, 0.2) is 5.75 Å². The molecule has 1 N–H and O–H groups in total. The minimum atomic E-state index is -3.11. The third-order valence-electron chi connectivity index (χ3n) is 3.03. The van der Waals surface area contributed by atoms with Gasteiger partial charge in [-0.2, -0.15) is 13.9 Å². The normalized spacial score (nSPS) is 10.9. The molecular weight excluding hydrogens is 426 g/mol. The second-order valence-corrected chi connectivity index (χ2v) is 5.78. The molecule has 2 aromatic rings. The van der Waals surface area contributed by atoms with Gasteiger partial charge in [0.25, 0.3) is 0 Å². The predicted octanol–water partition coefficient (Wildman–Crippen LogP) is 3.57. The first-order valence-corrected chi connectivity index (χ1v) is 7.67. The zero-order chi connectivity index (χ0) is 17.0. The molecule has 0 unspecified atom stereocenters. The third-order valence-corrected chi connectivity index (χ3v) is 4.09. The van der Waals surface area contributed by atoms with Crippen molar-refractivity contribution in [2.75, 3.05) is 5.32 Å². The summed E-state index contributed by atoms with van der Waals surface area (Å²) in [7, 11) is 0. The van der Waals surface area contributed by atoms with Crippen LogP contribution in [0.15, 0.2) is 24.4 Å². The monoisotopic (exact) mass is 439 g/mol. The predicted molar refractivity (Wildman–Crippen MR) is 86.0 cm³/mol. The SMILES string of the molecule is Cc1c(I)cnn1CCC(=O)Nc1ccc(F)cc1OC(F)F. The average molecular weight is 439 g/mol. The summed E-state index contributed by atoms with van der Waals surface area (Å²) in [6, 6.07) is 3.02. The molecule has 5 nitrogen and oxygen atoms in total. The first kappa shape index (κ1) is 17.6. The fourth-order valence-electron chi connectivity index (χ4n) is 1.86. The van der Waals surface area contributed by atoms with Gasteiger partial charge in [-0.3, -0.25) is 9.48 Å². The number of hydrogen-bond acceptors (Lipinski definition) is 3. The highest BCUT2D eigenvalue weighted by molar-refractivity contribution is 14.1. The Morgan fingerprint density at radius 3 is 2.83 bits per heavy atom. The molecule has 0 radical (unpaired) electrons. The van der Waals surface area contributed by atoms with E-state index in [-0.39, 0.29) is 12.1 Å². The molecule has 0 bridgehead atoms. The zero-order valence-corrected chi connectivity index (χ0v) is 14.2. The van der Waals surface area contributed by atoms with E-state index in [0.29, 0.717) is 6.54 Å². The Morgan fingerprint density at radius 1 is 1.48 bits per heavy atom. The molecule has 0 aliphatic rings. The van der Waals surface area contributed by atoms with E-state index in [1.54, 1.807) is 10.9 Å². The highest BCUT2D eigenvalue weighted by Gasteiger charge is 2.14. The second kappa shape index (κ2) is 7.66. The number of aryl methyl sites for hydroxylation is 1. The lowest BCUT2D eigenvalue weighted by Crippen LogP contribution is -2.17. The number of nitrogens with one attached hydrogen (secondary N) is 1. The second-order valence-electron chi connectivity index (χ2n) is 4.62. The van der Waals surface area contributed by atoms with E-state index in [0.717, 1.165) is 21.4 Å². The van der Waals surface area contributed by atoms with Gasteiger partial charge in [0.1, 0.15) is 5.82 Å². The van der Waals surface area contributed by atoms with E-state index in [9.17, 15) is 18.0 Å². The van der Waals surface area contributed by atoms with Gasteiger partial charge in [-0.25, -0.2) is 4.39 Å². The maximum atomic E-state index is 13.1. The smallest absolute Gasteiger partial charge is 0.387 e. The first-order chi connectivity index (χ1) is 10.9.